The maximum absolute atomic E-state index is 13.3. The Balaban J connectivity index is 1.77. The van der Waals surface area contributed by atoms with E-state index in [1.54, 1.807) is 31.2 Å². The molecule has 31 heavy (non-hydrogen) atoms. The molecule has 156 valence electrons. The zero-order valence-electron chi connectivity index (χ0n) is 16.7. The highest BCUT2D eigenvalue weighted by Gasteiger charge is 2.24. The van der Waals surface area contributed by atoms with E-state index in [4.69, 9.17) is 0 Å². The average molecular weight is 417 g/mol. The summed E-state index contributed by atoms with van der Waals surface area (Å²) in [6.45, 7) is 1.91. The third-order valence-electron chi connectivity index (χ3n) is 5.12. The molecule has 0 aliphatic rings. The van der Waals surface area contributed by atoms with E-state index in [0.29, 0.717) is 10.9 Å². The summed E-state index contributed by atoms with van der Waals surface area (Å²) >= 11 is 0. The molecular weight excluding hydrogens is 397 g/mol. The Morgan fingerprint density at radius 3 is 2.52 bits per heavy atom. The lowest BCUT2D eigenvalue weighted by Crippen LogP contribution is -2.35. The van der Waals surface area contributed by atoms with Gasteiger partial charge in [0, 0.05) is 6.20 Å². The number of carbonyl (C=O) groups is 1. The van der Waals surface area contributed by atoms with Crippen molar-refractivity contribution >= 4 is 16.9 Å². The van der Waals surface area contributed by atoms with Crippen molar-refractivity contribution in [1.82, 2.24) is 14.9 Å². The van der Waals surface area contributed by atoms with Crippen LogP contribution in [-0.2, 0) is 6.54 Å². The molecule has 0 aliphatic heterocycles. The standard InChI is InChI=1S/C24H20FN3O3/c1-15(17-9-11-18(25)12-10-17)27-23(30)20-21(29)19-8-5-13-26-22(19)28(24(20)31)14-16-6-3-2-4-7-16/h2-13,15,29H,14H2,1H3,(H,27,30). The van der Waals surface area contributed by atoms with Crippen LogP contribution in [0.2, 0.25) is 0 Å². The first-order valence-corrected chi connectivity index (χ1v) is 9.76. The molecule has 1 atom stereocenters. The molecule has 0 aliphatic carbocycles. The summed E-state index contributed by atoms with van der Waals surface area (Å²) in [7, 11) is 0. The molecule has 0 spiro atoms. The SMILES string of the molecule is CC(NC(=O)c1c(O)c2cccnc2n(Cc2ccccc2)c1=O)c1ccc(F)cc1. The largest absolute Gasteiger partial charge is 0.506 e. The second-order valence-corrected chi connectivity index (χ2v) is 7.22. The van der Waals surface area contributed by atoms with Gasteiger partial charge < -0.3 is 10.4 Å². The Morgan fingerprint density at radius 1 is 1.10 bits per heavy atom. The van der Waals surface area contributed by atoms with Crippen molar-refractivity contribution in [1.29, 1.82) is 0 Å². The van der Waals surface area contributed by atoms with Gasteiger partial charge in [-0.3, -0.25) is 14.2 Å². The van der Waals surface area contributed by atoms with Crippen LogP contribution >= 0.6 is 0 Å². The first-order chi connectivity index (χ1) is 15.0. The zero-order chi connectivity index (χ0) is 22.0. The summed E-state index contributed by atoms with van der Waals surface area (Å²) in [6.07, 6.45) is 1.53. The number of halogens is 1. The van der Waals surface area contributed by atoms with Crippen LogP contribution in [-0.4, -0.2) is 20.6 Å². The quantitative estimate of drug-likeness (QED) is 0.518. The van der Waals surface area contributed by atoms with E-state index in [0.717, 1.165) is 5.56 Å². The minimum Gasteiger partial charge on any atom is -0.506 e. The van der Waals surface area contributed by atoms with Crippen LogP contribution in [0.1, 0.15) is 34.5 Å². The first-order valence-electron chi connectivity index (χ1n) is 9.76. The summed E-state index contributed by atoms with van der Waals surface area (Å²) in [4.78, 5) is 30.5. The van der Waals surface area contributed by atoms with Gasteiger partial charge in [0.15, 0.2) is 0 Å². The first kappa shape index (κ1) is 20.3. The van der Waals surface area contributed by atoms with E-state index in [9.17, 15) is 19.1 Å². The molecule has 1 unspecified atom stereocenters. The van der Waals surface area contributed by atoms with E-state index >= 15 is 0 Å². The van der Waals surface area contributed by atoms with Gasteiger partial charge in [-0.2, -0.15) is 0 Å². The van der Waals surface area contributed by atoms with E-state index in [-0.39, 0.29) is 23.6 Å². The average Bonchev–Trinajstić information content (AvgIpc) is 2.78. The molecule has 0 saturated carbocycles. The highest BCUT2D eigenvalue weighted by molar-refractivity contribution is 6.01. The summed E-state index contributed by atoms with van der Waals surface area (Å²) in [6, 6.07) is 17.7. The van der Waals surface area contributed by atoms with Gasteiger partial charge in [-0.05, 0) is 42.3 Å². The summed E-state index contributed by atoms with van der Waals surface area (Å²) in [5, 5.41) is 13.8. The van der Waals surface area contributed by atoms with Crippen molar-refractivity contribution in [3.63, 3.8) is 0 Å². The molecule has 4 rings (SSSR count). The van der Waals surface area contributed by atoms with Crippen LogP contribution in [0, 0.1) is 5.82 Å². The number of carbonyl (C=O) groups excluding carboxylic acids is 1. The number of benzene rings is 2. The molecule has 0 bridgehead atoms. The Bertz CT molecular complexity index is 1300. The highest BCUT2D eigenvalue weighted by atomic mass is 19.1. The fourth-order valence-corrected chi connectivity index (χ4v) is 3.48. The van der Waals surface area contributed by atoms with E-state index in [2.05, 4.69) is 10.3 Å². The van der Waals surface area contributed by atoms with Crippen molar-refractivity contribution in [3.05, 3.63) is 106 Å². The van der Waals surface area contributed by atoms with Crippen molar-refractivity contribution in [2.75, 3.05) is 0 Å². The van der Waals surface area contributed by atoms with E-state index in [1.807, 2.05) is 30.3 Å². The van der Waals surface area contributed by atoms with Gasteiger partial charge in [-0.15, -0.1) is 0 Å². The lowest BCUT2D eigenvalue weighted by atomic mass is 10.1. The second-order valence-electron chi connectivity index (χ2n) is 7.22. The molecule has 2 aromatic heterocycles. The second kappa shape index (κ2) is 8.39. The van der Waals surface area contributed by atoms with Gasteiger partial charge in [0.05, 0.1) is 18.0 Å². The maximum Gasteiger partial charge on any atom is 0.269 e. The number of fused-ring (bicyclic) bond motifs is 1. The topological polar surface area (TPSA) is 84.2 Å². The third-order valence-corrected chi connectivity index (χ3v) is 5.12. The molecular formula is C24H20FN3O3. The van der Waals surface area contributed by atoms with Crippen LogP contribution in [0.3, 0.4) is 0 Å². The van der Waals surface area contributed by atoms with Gasteiger partial charge in [-0.25, -0.2) is 9.37 Å². The number of pyridine rings is 2. The lowest BCUT2D eigenvalue weighted by Gasteiger charge is -2.17. The molecule has 7 heteroatoms. The van der Waals surface area contributed by atoms with Gasteiger partial charge >= 0.3 is 0 Å². The van der Waals surface area contributed by atoms with Gasteiger partial charge in [0.25, 0.3) is 11.5 Å². The minimum absolute atomic E-state index is 0.196. The van der Waals surface area contributed by atoms with Crippen LogP contribution < -0.4 is 10.9 Å². The van der Waals surface area contributed by atoms with E-state index < -0.39 is 23.3 Å². The molecule has 0 saturated heterocycles. The Morgan fingerprint density at radius 2 is 1.81 bits per heavy atom. The summed E-state index contributed by atoms with van der Waals surface area (Å²) in [5.41, 5.74) is 0.813. The molecule has 1 amide bonds. The van der Waals surface area contributed by atoms with Crippen molar-refractivity contribution < 1.29 is 14.3 Å². The zero-order valence-corrected chi connectivity index (χ0v) is 16.7. The number of nitrogens with zero attached hydrogens (tertiary/aromatic N) is 2. The number of aromatic nitrogens is 2. The predicted molar refractivity (Wildman–Crippen MR) is 115 cm³/mol. The number of aromatic hydroxyl groups is 1. The minimum atomic E-state index is -0.716. The van der Waals surface area contributed by atoms with Gasteiger partial charge in [-0.1, -0.05) is 42.5 Å². The normalized spacial score (nSPS) is 11.9. The Labute approximate surface area is 177 Å². The molecule has 0 fully saturated rings. The van der Waals surface area contributed by atoms with Gasteiger partial charge in [0.2, 0.25) is 0 Å². The Hall–Kier alpha value is -4.00. The molecule has 2 heterocycles. The predicted octanol–water partition coefficient (Wildman–Crippen LogP) is 3.78. The van der Waals surface area contributed by atoms with Crippen molar-refractivity contribution in [3.8, 4) is 5.75 Å². The third kappa shape index (κ3) is 4.02. The Kier molecular flexibility index (Phi) is 5.49. The molecule has 2 aromatic carbocycles. The smallest absolute Gasteiger partial charge is 0.269 e. The number of amides is 1. The number of rotatable bonds is 5. The van der Waals surface area contributed by atoms with E-state index in [1.165, 1.54) is 22.9 Å². The lowest BCUT2D eigenvalue weighted by molar-refractivity contribution is 0.0935. The van der Waals surface area contributed by atoms with Gasteiger partial charge in [0.1, 0.15) is 22.8 Å². The summed E-state index contributed by atoms with van der Waals surface area (Å²) in [5.74, 6) is -1.51. The molecule has 0 radical (unpaired) electrons. The van der Waals surface area contributed by atoms with Crippen molar-refractivity contribution in [2.24, 2.45) is 0 Å². The number of nitrogens with one attached hydrogen (secondary N) is 1. The van der Waals surface area contributed by atoms with Crippen LogP contribution in [0.4, 0.5) is 4.39 Å². The van der Waals surface area contributed by atoms with Crippen LogP contribution in [0.25, 0.3) is 11.0 Å². The molecule has 2 N–H and O–H groups in total. The fourth-order valence-electron chi connectivity index (χ4n) is 3.48. The maximum atomic E-state index is 13.3. The van der Waals surface area contributed by atoms with Crippen LogP contribution in [0.5, 0.6) is 5.75 Å². The molecule has 6 nitrogen and oxygen atoms in total. The highest BCUT2D eigenvalue weighted by Crippen LogP contribution is 2.26. The number of hydrogen-bond acceptors (Lipinski definition) is 4. The molecule has 4 aromatic rings. The number of hydrogen-bond donors (Lipinski definition) is 2. The van der Waals surface area contributed by atoms with Crippen molar-refractivity contribution in [2.45, 2.75) is 19.5 Å². The summed E-state index contributed by atoms with van der Waals surface area (Å²) < 4.78 is 14.6. The van der Waals surface area contributed by atoms with Crippen LogP contribution in [0.15, 0.2) is 77.7 Å². The fraction of sp³-hybridized carbons (Fsp3) is 0.125. The monoisotopic (exact) mass is 417 g/mol.